The molecule has 0 atom stereocenters. The van der Waals surface area contributed by atoms with Gasteiger partial charge in [-0.25, -0.2) is 0 Å². The summed E-state index contributed by atoms with van der Waals surface area (Å²) < 4.78 is 1.84. The van der Waals surface area contributed by atoms with Crippen molar-refractivity contribution in [3.63, 3.8) is 0 Å². The monoisotopic (exact) mass is 301 g/mol. The van der Waals surface area contributed by atoms with Crippen LogP contribution in [0.5, 0.6) is 5.75 Å². The first-order valence-electron chi connectivity index (χ1n) is 7.18. The molecule has 0 amide bonds. The summed E-state index contributed by atoms with van der Waals surface area (Å²) in [5.74, 6) is 1.55. The lowest BCUT2D eigenvalue weighted by molar-refractivity contribution is 0.423. The van der Waals surface area contributed by atoms with Crippen molar-refractivity contribution < 1.29 is 5.11 Å². The van der Waals surface area contributed by atoms with Crippen LogP contribution in [-0.4, -0.2) is 29.9 Å². The van der Waals surface area contributed by atoms with Gasteiger partial charge in [-0.1, -0.05) is 30.6 Å². The van der Waals surface area contributed by atoms with Crippen LogP contribution >= 0.6 is 11.3 Å². The van der Waals surface area contributed by atoms with Crippen LogP contribution in [0.2, 0.25) is 0 Å². The van der Waals surface area contributed by atoms with Gasteiger partial charge in [0, 0.05) is 12.1 Å². The zero-order valence-electron chi connectivity index (χ0n) is 11.4. The zero-order chi connectivity index (χ0) is 14.2. The van der Waals surface area contributed by atoms with E-state index in [1.54, 1.807) is 12.3 Å². The predicted octanol–water partition coefficient (Wildman–Crippen LogP) is 3.00. The molecule has 6 nitrogen and oxygen atoms in total. The number of aromatic hydroxyl groups is 1. The first-order chi connectivity index (χ1) is 10.3. The Hall–Kier alpha value is -2.02. The van der Waals surface area contributed by atoms with E-state index < -0.39 is 0 Å². The first kappa shape index (κ1) is 12.7. The van der Waals surface area contributed by atoms with Crippen molar-refractivity contribution in [3.05, 3.63) is 24.3 Å². The highest BCUT2D eigenvalue weighted by atomic mass is 32.1. The summed E-state index contributed by atoms with van der Waals surface area (Å²) in [5.41, 5.74) is 0.690. The van der Waals surface area contributed by atoms with Crippen molar-refractivity contribution in [1.29, 1.82) is 0 Å². The second kappa shape index (κ2) is 5.07. The van der Waals surface area contributed by atoms with Gasteiger partial charge in [-0.2, -0.15) is 9.61 Å². The van der Waals surface area contributed by atoms with Crippen LogP contribution in [0, 0.1) is 0 Å². The molecule has 0 saturated heterocycles. The van der Waals surface area contributed by atoms with Gasteiger partial charge in [-0.05, 0) is 18.9 Å². The van der Waals surface area contributed by atoms with Crippen molar-refractivity contribution in [3.8, 4) is 16.3 Å². The second-order valence-corrected chi connectivity index (χ2v) is 6.34. The molecule has 0 aromatic carbocycles. The molecule has 0 spiro atoms. The summed E-state index contributed by atoms with van der Waals surface area (Å²) in [7, 11) is 0. The van der Waals surface area contributed by atoms with Gasteiger partial charge in [0.05, 0.1) is 11.8 Å². The molecule has 0 bridgehead atoms. The van der Waals surface area contributed by atoms with Gasteiger partial charge in [-0.15, -0.1) is 10.2 Å². The van der Waals surface area contributed by atoms with Crippen molar-refractivity contribution in [2.45, 2.75) is 38.0 Å². The van der Waals surface area contributed by atoms with Gasteiger partial charge < -0.3 is 5.11 Å². The minimum atomic E-state index is 0.140. The summed E-state index contributed by atoms with van der Waals surface area (Å²) >= 11 is 1.44. The Bertz CT molecular complexity index is 775. The van der Waals surface area contributed by atoms with Gasteiger partial charge >= 0.3 is 0 Å². The summed E-state index contributed by atoms with van der Waals surface area (Å²) in [4.78, 5) is 4.67. The smallest absolute Gasteiger partial charge is 0.234 e. The Morgan fingerprint density at radius 3 is 2.86 bits per heavy atom. The zero-order valence-corrected chi connectivity index (χ0v) is 12.3. The van der Waals surface area contributed by atoms with E-state index in [9.17, 15) is 5.11 Å². The van der Waals surface area contributed by atoms with Crippen molar-refractivity contribution in [2.75, 3.05) is 0 Å². The lowest BCUT2D eigenvalue weighted by Crippen LogP contribution is -2.09. The van der Waals surface area contributed by atoms with Crippen LogP contribution in [0.1, 0.15) is 43.8 Å². The van der Waals surface area contributed by atoms with Gasteiger partial charge in [-0.3, -0.25) is 4.98 Å². The molecule has 108 valence electrons. The SMILES string of the molecule is Oc1cnccc1-c1nn2c(C3CCCCC3)nnc2s1. The number of fused-ring (bicyclic) bond motifs is 1. The molecule has 0 unspecified atom stereocenters. The molecule has 1 fully saturated rings. The maximum Gasteiger partial charge on any atom is 0.234 e. The highest BCUT2D eigenvalue weighted by Crippen LogP contribution is 2.35. The van der Waals surface area contributed by atoms with Gasteiger partial charge in [0.2, 0.25) is 4.96 Å². The first-order valence-corrected chi connectivity index (χ1v) is 8.00. The summed E-state index contributed by atoms with van der Waals surface area (Å²) in [6, 6.07) is 1.77. The van der Waals surface area contributed by atoms with E-state index in [1.807, 2.05) is 4.52 Å². The van der Waals surface area contributed by atoms with Crippen LogP contribution in [0.4, 0.5) is 0 Å². The fourth-order valence-corrected chi connectivity index (χ4v) is 3.80. The average Bonchev–Trinajstić information content (AvgIpc) is 3.08. The standard InChI is InChI=1S/C14H15N5OS/c20-11-8-15-7-6-10(11)13-18-19-12(16-17-14(19)21-13)9-4-2-1-3-5-9/h6-9,20H,1-5H2. The largest absolute Gasteiger partial charge is 0.506 e. The van der Waals surface area contributed by atoms with Gasteiger partial charge in [0.15, 0.2) is 10.8 Å². The quantitative estimate of drug-likeness (QED) is 0.787. The van der Waals surface area contributed by atoms with E-state index in [1.165, 1.54) is 36.8 Å². The van der Waals surface area contributed by atoms with Crippen molar-refractivity contribution >= 4 is 16.3 Å². The highest BCUT2D eigenvalue weighted by Gasteiger charge is 2.23. The van der Waals surface area contributed by atoms with E-state index in [4.69, 9.17) is 0 Å². The molecular weight excluding hydrogens is 286 g/mol. The van der Waals surface area contributed by atoms with Crippen molar-refractivity contribution in [1.82, 2.24) is 24.8 Å². The van der Waals surface area contributed by atoms with E-state index in [2.05, 4.69) is 20.3 Å². The van der Waals surface area contributed by atoms with Gasteiger partial charge in [0.1, 0.15) is 5.75 Å². The lowest BCUT2D eigenvalue weighted by atomic mass is 9.89. The summed E-state index contributed by atoms with van der Waals surface area (Å²) in [5, 5.41) is 23.8. The molecule has 3 aromatic rings. The molecule has 0 radical (unpaired) electrons. The Labute approximate surface area is 125 Å². The third-order valence-electron chi connectivity index (χ3n) is 4.02. The van der Waals surface area contributed by atoms with Crippen LogP contribution < -0.4 is 0 Å². The number of rotatable bonds is 2. The molecule has 0 aliphatic heterocycles. The average molecular weight is 301 g/mol. The Kier molecular flexibility index (Phi) is 3.07. The summed E-state index contributed by atoms with van der Waals surface area (Å²) in [6.45, 7) is 0. The van der Waals surface area contributed by atoms with Gasteiger partial charge in [0.25, 0.3) is 0 Å². The molecule has 1 N–H and O–H groups in total. The molecule has 1 aliphatic rings. The Morgan fingerprint density at radius 2 is 2.05 bits per heavy atom. The molecule has 1 aliphatic carbocycles. The van der Waals surface area contributed by atoms with Crippen LogP contribution in [0.15, 0.2) is 18.5 Å². The maximum atomic E-state index is 9.90. The van der Waals surface area contributed by atoms with Crippen LogP contribution in [-0.2, 0) is 0 Å². The number of nitrogens with zero attached hydrogens (tertiary/aromatic N) is 5. The molecular formula is C14H15N5OS. The third-order valence-corrected chi connectivity index (χ3v) is 4.95. The maximum absolute atomic E-state index is 9.90. The molecule has 4 rings (SSSR count). The third kappa shape index (κ3) is 2.17. The lowest BCUT2D eigenvalue weighted by Gasteiger charge is -2.18. The summed E-state index contributed by atoms with van der Waals surface area (Å²) in [6.07, 6.45) is 9.22. The molecule has 21 heavy (non-hydrogen) atoms. The van der Waals surface area contributed by atoms with E-state index in [-0.39, 0.29) is 5.75 Å². The highest BCUT2D eigenvalue weighted by molar-refractivity contribution is 7.19. The fraction of sp³-hybridized carbons (Fsp3) is 0.429. The minimum absolute atomic E-state index is 0.140. The van der Waals surface area contributed by atoms with E-state index in [0.29, 0.717) is 11.5 Å². The van der Waals surface area contributed by atoms with Crippen molar-refractivity contribution in [2.24, 2.45) is 0 Å². The number of hydrogen-bond acceptors (Lipinski definition) is 6. The molecule has 7 heteroatoms. The normalized spacial score (nSPS) is 16.6. The van der Waals surface area contributed by atoms with E-state index >= 15 is 0 Å². The molecule has 3 heterocycles. The second-order valence-electron chi connectivity index (χ2n) is 5.39. The van der Waals surface area contributed by atoms with Crippen LogP contribution in [0.3, 0.4) is 0 Å². The number of hydrogen-bond donors (Lipinski definition) is 1. The predicted molar refractivity (Wildman–Crippen MR) is 79.4 cm³/mol. The van der Waals surface area contributed by atoms with Crippen LogP contribution in [0.25, 0.3) is 15.5 Å². The number of pyridine rings is 1. The fourth-order valence-electron chi connectivity index (χ4n) is 2.92. The molecule has 1 saturated carbocycles. The molecule has 3 aromatic heterocycles. The minimum Gasteiger partial charge on any atom is -0.506 e. The number of aromatic nitrogens is 5. The Balaban J connectivity index is 1.77. The topological polar surface area (TPSA) is 76.2 Å². The Morgan fingerprint density at radius 1 is 1.19 bits per heavy atom. The van der Waals surface area contributed by atoms with E-state index in [0.717, 1.165) is 28.6 Å².